The minimum Gasteiger partial charge on any atom is -0.478 e. The molecule has 10 heteroatoms. The molecule has 3 rings (SSSR count). The molecule has 0 saturated carbocycles. The Labute approximate surface area is 150 Å². The zero-order valence-corrected chi connectivity index (χ0v) is 14.9. The summed E-state index contributed by atoms with van der Waals surface area (Å²) in [6.45, 7) is 4.13. The van der Waals surface area contributed by atoms with E-state index in [0.717, 1.165) is 19.3 Å². The third-order valence-electron chi connectivity index (χ3n) is 3.88. The maximum absolute atomic E-state index is 12.5. The van der Waals surface area contributed by atoms with Crippen LogP contribution in [-0.2, 0) is 0 Å². The van der Waals surface area contributed by atoms with Gasteiger partial charge in [-0.2, -0.15) is 23.7 Å². The van der Waals surface area contributed by atoms with Gasteiger partial charge in [-0.1, -0.05) is 19.8 Å². The van der Waals surface area contributed by atoms with E-state index in [9.17, 15) is 9.59 Å². The van der Waals surface area contributed by atoms with E-state index >= 15 is 0 Å². The average Bonchev–Trinajstić information content (AvgIpc) is 3.19. The summed E-state index contributed by atoms with van der Waals surface area (Å²) >= 11 is 0. The number of hydrogen-bond donors (Lipinski definition) is 2. The predicted octanol–water partition coefficient (Wildman–Crippen LogP) is 1.87. The van der Waals surface area contributed by atoms with Crippen LogP contribution in [-0.4, -0.2) is 40.6 Å². The SMILES string of the molecule is CCCC[C@H](C)n1ncc2nc(-n3cc(C(=O)O)cn3)[nH]c(=O)c21.S. The fourth-order valence-electron chi connectivity index (χ4n) is 2.57. The van der Waals surface area contributed by atoms with Crippen LogP contribution < -0.4 is 5.56 Å². The van der Waals surface area contributed by atoms with Gasteiger partial charge in [0.15, 0.2) is 5.52 Å². The van der Waals surface area contributed by atoms with Crippen molar-refractivity contribution in [3.8, 4) is 5.95 Å². The smallest absolute Gasteiger partial charge is 0.338 e. The number of carboxylic acids is 1. The van der Waals surface area contributed by atoms with Gasteiger partial charge in [0.25, 0.3) is 5.56 Å². The number of nitrogens with one attached hydrogen (secondary N) is 1. The molecule has 3 aromatic heterocycles. The number of carboxylic acid groups (broad SMARTS) is 1. The molecule has 0 fully saturated rings. The van der Waals surface area contributed by atoms with Crippen LogP contribution in [0.2, 0.25) is 0 Å². The molecule has 0 bridgehead atoms. The van der Waals surface area contributed by atoms with Gasteiger partial charge in [0.1, 0.15) is 5.52 Å². The lowest BCUT2D eigenvalue weighted by atomic mass is 10.1. The monoisotopic (exact) mass is 364 g/mol. The fourth-order valence-corrected chi connectivity index (χ4v) is 2.57. The summed E-state index contributed by atoms with van der Waals surface area (Å²) in [7, 11) is 0. The van der Waals surface area contributed by atoms with Crippen molar-refractivity contribution >= 4 is 30.5 Å². The molecule has 0 radical (unpaired) electrons. The summed E-state index contributed by atoms with van der Waals surface area (Å²) in [5.74, 6) is -0.942. The van der Waals surface area contributed by atoms with Crippen LogP contribution in [0, 0.1) is 0 Å². The molecule has 0 spiro atoms. The second-order valence-electron chi connectivity index (χ2n) is 5.68. The van der Waals surface area contributed by atoms with E-state index in [0.29, 0.717) is 11.0 Å². The van der Waals surface area contributed by atoms with Crippen LogP contribution >= 0.6 is 13.5 Å². The van der Waals surface area contributed by atoms with Crippen LogP contribution in [0.4, 0.5) is 0 Å². The Hall–Kier alpha value is -2.62. The van der Waals surface area contributed by atoms with Crippen LogP contribution in [0.3, 0.4) is 0 Å². The third kappa shape index (κ3) is 3.58. The normalized spacial score (nSPS) is 12.1. The molecule has 0 aromatic carbocycles. The molecule has 0 aliphatic heterocycles. The van der Waals surface area contributed by atoms with Crippen molar-refractivity contribution in [2.24, 2.45) is 0 Å². The number of aromatic amines is 1. The molecule has 0 amide bonds. The van der Waals surface area contributed by atoms with Crippen molar-refractivity contribution < 1.29 is 9.90 Å². The van der Waals surface area contributed by atoms with Crippen molar-refractivity contribution in [3.63, 3.8) is 0 Å². The molecule has 134 valence electrons. The second kappa shape index (κ2) is 7.51. The quantitative estimate of drug-likeness (QED) is 0.689. The summed E-state index contributed by atoms with van der Waals surface area (Å²) in [5.41, 5.74) is 0.544. The molecule has 25 heavy (non-hydrogen) atoms. The zero-order chi connectivity index (χ0) is 17.3. The van der Waals surface area contributed by atoms with Gasteiger partial charge < -0.3 is 5.11 Å². The summed E-state index contributed by atoms with van der Waals surface area (Å²) in [6, 6.07) is 0.0968. The molecule has 0 aliphatic carbocycles. The van der Waals surface area contributed by atoms with E-state index in [1.165, 1.54) is 23.3 Å². The molecular weight excluding hydrogens is 344 g/mol. The predicted molar refractivity (Wildman–Crippen MR) is 96.8 cm³/mol. The number of carbonyl (C=O) groups is 1. The number of hydrogen-bond acceptors (Lipinski definition) is 5. The highest BCUT2D eigenvalue weighted by Gasteiger charge is 2.16. The Balaban J connectivity index is 0.00000225. The molecule has 2 N–H and O–H groups in total. The molecule has 3 heterocycles. The van der Waals surface area contributed by atoms with Crippen LogP contribution in [0.15, 0.2) is 23.4 Å². The molecule has 1 atom stereocenters. The van der Waals surface area contributed by atoms with Crippen molar-refractivity contribution in [2.75, 3.05) is 0 Å². The molecule has 9 nitrogen and oxygen atoms in total. The van der Waals surface area contributed by atoms with Crippen molar-refractivity contribution in [1.29, 1.82) is 0 Å². The maximum atomic E-state index is 12.5. The highest BCUT2D eigenvalue weighted by Crippen LogP contribution is 2.18. The Morgan fingerprint density at radius 3 is 2.76 bits per heavy atom. The summed E-state index contributed by atoms with van der Waals surface area (Å²) in [4.78, 5) is 30.4. The van der Waals surface area contributed by atoms with E-state index in [1.54, 1.807) is 4.68 Å². The fraction of sp³-hybridized carbons (Fsp3) is 0.400. The van der Waals surface area contributed by atoms with Crippen LogP contribution in [0.25, 0.3) is 17.0 Å². The van der Waals surface area contributed by atoms with Gasteiger partial charge in [-0.25, -0.2) is 14.5 Å². The molecule has 0 unspecified atom stereocenters. The average molecular weight is 364 g/mol. The number of H-pyrrole nitrogens is 1. The van der Waals surface area contributed by atoms with E-state index in [4.69, 9.17) is 5.11 Å². The van der Waals surface area contributed by atoms with Crippen LogP contribution in [0.1, 0.15) is 49.5 Å². The first kappa shape index (κ1) is 18.7. The van der Waals surface area contributed by atoms with Crippen molar-refractivity contribution in [1.82, 2.24) is 29.5 Å². The third-order valence-corrected chi connectivity index (χ3v) is 3.88. The number of aromatic carboxylic acids is 1. The summed E-state index contributed by atoms with van der Waals surface area (Å²) < 4.78 is 2.91. The molecule has 0 saturated heterocycles. The van der Waals surface area contributed by atoms with E-state index in [-0.39, 0.29) is 36.6 Å². The van der Waals surface area contributed by atoms with Gasteiger partial charge in [-0.15, -0.1) is 0 Å². The second-order valence-corrected chi connectivity index (χ2v) is 5.68. The van der Waals surface area contributed by atoms with Crippen LogP contribution in [0.5, 0.6) is 0 Å². The van der Waals surface area contributed by atoms with E-state index in [1.807, 2.05) is 6.92 Å². The first-order valence-electron chi connectivity index (χ1n) is 7.77. The van der Waals surface area contributed by atoms with Gasteiger partial charge >= 0.3 is 5.97 Å². The Morgan fingerprint density at radius 1 is 1.36 bits per heavy atom. The van der Waals surface area contributed by atoms with E-state index < -0.39 is 5.97 Å². The summed E-state index contributed by atoms with van der Waals surface area (Å²) in [5, 5.41) is 17.1. The minimum atomic E-state index is -1.10. The lowest BCUT2D eigenvalue weighted by Crippen LogP contribution is -2.18. The van der Waals surface area contributed by atoms with Gasteiger partial charge in [0, 0.05) is 6.20 Å². The van der Waals surface area contributed by atoms with E-state index in [2.05, 4.69) is 27.1 Å². The van der Waals surface area contributed by atoms with Gasteiger partial charge in [-0.3, -0.25) is 14.5 Å². The standard InChI is InChI=1S/C15H18N6O3.H2S/c1-3-4-5-9(2)21-12-11(7-17-21)18-15(19-13(12)22)20-8-10(6-16-20)14(23)24;/h6-9H,3-5H2,1-2H3,(H,23,24)(H,18,19,22);1H2/t9-;/m0./s1. The van der Waals surface area contributed by atoms with Gasteiger partial charge in [0.05, 0.1) is 24.0 Å². The first-order valence-corrected chi connectivity index (χ1v) is 7.77. The zero-order valence-electron chi connectivity index (χ0n) is 13.9. The lowest BCUT2D eigenvalue weighted by Gasteiger charge is -2.12. The first-order chi connectivity index (χ1) is 11.5. The molecular formula is C15H20N6O3S. The Kier molecular flexibility index (Phi) is 5.62. The maximum Gasteiger partial charge on any atom is 0.338 e. The van der Waals surface area contributed by atoms with Crippen molar-refractivity contribution in [2.45, 2.75) is 39.2 Å². The Bertz CT molecular complexity index is 944. The number of aromatic nitrogens is 6. The molecule has 0 aliphatic rings. The number of nitrogens with zero attached hydrogens (tertiary/aromatic N) is 5. The number of fused-ring (bicyclic) bond motifs is 1. The largest absolute Gasteiger partial charge is 0.478 e. The topological polar surface area (TPSA) is 119 Å². The van der Waals surface area contributed by atoms with Crippen molar-refractivity contribution in [3.05, 3.63) is 34.5 Å². The highest BCUT2D eigenvalue weighted by atomic mass is 32.1. The lowest BCUT2D eigenvalue weighted by molar-refractivity contribution is 0.0697. The number of rotatable bonds is 6. The number of unbranched alkanes of at least 4 members (excludes halogenated alkanes) is 1. The Morgan fingerprint density at radius 2 is 2.12 bits per heavy atom. The minimum absolute atomic E-state index is 0. The highest BCUT2D eigenvalue weighted by molar-refractivity contribution is 7.59. The van der Waals surface area contributed by atoms with Gasteiger partial charge in [0.2, 0.25) is 5.95 Å². The van der Waals surface area contributed by atoms with Gasteiger partial charge in [-0.05, 0) is 13.3 Å². The summed E-state index contributed by atoms with van der Waals surface area (Å²) in [6.07, 6.45) is 7.09. The molecule has 3 aromatic rings.